The van der Waals surface area contributed by atoms with E-state index in [9.17, 15) is 10.2 Å². The first-order chi connectivity index (χ1) is 8.55. The highest BCUT2D eigenvalue weighted by molar-refractivity contribution is 4.86. The molecule has 0 aromatic heterocycles. The molecule has 0 bridgehead atoms. The van der Waals surface area contributed by atoms with Gasteiger partial charge in [-0.1, -0.05) is 19.0 Å². The molecule has 0 spiro atoms. The van der Waals surface area contributed by atoms with Crippen LogP contribution >= 0.6 is 0 Å². The first-order valence-corrected chi connectivity index (χ1v) is 6.01. The Morgan fingerprint density at radius 1 is 1.44 bits per heavy atom. The Labute approximate surface area is 106 Å². The standard InChI is InChI=1S/C11H21N3O4/c1-3-11(6-16)7-17-9(18-8-11)10(2,5-15)4-13-14-12/h9,15-16H,3-8H2,1-2H3. The number of aliphatic hydroxyl groups is 2. The van der Waals surface area contributed by atoms with Crippen molar-refractivity contribution in [3.05, 3.63) is 10.4 Å². The monoisotopic (exact) mass is 259 g/mol. The lowest BCUT2D eigenvalue weighted by Crippen LogP contribution is -2.51. The van der Waals surface area contributed by atoms with Gasteiger partial charge in [0.1, 0.15) is 0 Å². The lowest BCUT2D eigenvalue weighted by molar-refractivity contribution is -0.280. The maximum absolute atomic E-state index is 9.42. The number of hydrogen-bond donors (Lipinski definition) is 2. The topological polar surface area (TPSA) is 108 Å². The van der Waals surface area contributed by atoms with Gasteiger partial charge in [-0.3, -0.25) is 0 Å². The van der Waals surface area contributed by atoms with E-state index in [0.29, 0.717) is 13.2 Å². The van der Waals surface area contributed by atoms with E-state index in [4.69, 9.17) is 15.0 Å². The zero-order chi connectivity index (χ0) is 13.6. The average molecular weight is 259 g/mol. The summed E-state index contributed by atoms with van der Waals surface area (Å²) in [6.07, 6.45) is 0.127. The Hall–Kier alpha value is -0.850. The third kappa shape index (κ3) is 3.13. The van der Waals surface area contributed by atoms with Gasteiger partial charge >= 0.3 is 0 Å². The number of hydrogen-bond acceptors (Lipinski definition) is 5. The Balaban J connectivity index is 2.67. The van der Waals surface area contributed by atoms with Crippen LogP contribution in [0.15, 0.2) is 5.11 Å². The van der Waals surface area contributed by atoms with E-state index < -0.39 is 11.7 Å². The molecule has 104 valence electrons. The summed E-state index contributed by atoms with van der Waals surface area (Å²) in [5.74, 6) is 0. The van der Waals surface area contributed by atoms with Gasteiger partial charge in [0, 0.05) is 22.3 Å². The van der Waals surface area contributed by atoms with E-state index in [2.05, 4.69) is 10.0 Å². The second-order valence-corrected chi connectivity index (χ2v) is 5.17. The summed E-state index contributed by atoms with van der Waals surface area (Å²) in [6.45, 7) is 4.35. The van der Waals surface area contributed by atoms with Crippen molar-refractivity contribution in [1.29, 1.82) is 0 Å². The van der Waals surface area contributed by atoms with Gasteiger partial charge < -0.3 is 19.7 Å². The van der Waals surface area contributed by atoms with E-state index in [1.54, 1.807) is 6.92 Å². The number of ether oxygens (including phenoxy) is 2. The zero-order valence-corrected chi connectivity index (χ0v) is 10.9. The number of rotatable bonds is 6. The van der Waals surface area contributed by atoms with Crippen LogP contribution in [0.2, 0.25) is 0 Å². The van der Waals surface area contributed by atoms with Gasteiger partial charge in [-0.05, 0) is 12.0 Å². The Morgan fingerprint density at radius 2 is 2.06 bits per heavy atom. The SMILES string of the molecule is CCC1(CO)COC(C(C)(CO)CN=[N+]=[N-])OC1. The van der Waals surface area contributed by atoms with Gasteiger partial charge in [0.2, 0.25) is 0 Å². The molecule has 0 radical (unpaired) electrons. The van der Waals surface area contributed by atoms with Crippen LogP contribution in [-0.2, 0) is 9.47 Å². The fraction of sp³-hybridized carbons (Fsp3) is 1.00. The summed E-state index contributed by atoms with van der Waals surface area (Å²) in [5, 5.41) is 22.2. The smallest absolute Gasteiger partial charge is 0.165 e. The molecule has 0 amide bonds. The Bertz CT molecular complexity index is 305. The summed E-state index contributed by atoms with van der Waals surface area (Å²) in [7, 11) is 0. The van der Waals surface area contributed by atoms with Crippen molar-refractivity contribution < 1.29 is 19.7 Å². The molecule has 0 aromatic rings. The molecule has 18 heavy (non-hydrogen) atoms. The molecule has 7 nitrogen and oxygen atoms in total. The van der Waals surface area contributed by atoms with E-state index in [1.165, 1.54) is 0 Å². The largest absolute Gasteiger partial charge is 0.396 e. The summed E-state index contributed by atoms with van der Waals surface area (Å²) < 4.78 is 11.2. The van der Waals surface area contributed by atoms with Crippen molar-refractivity contribution in [3.8, 4) is 0 Å². The van der Waals surface area contributed by atoms with Crippen molar-refractivity contribution in [2.45, 2.75) is 26.6 Å². The maximum atomic E-state index is 9.42. The van der Waals surface area contributed by atoms with Gasteiger partial charge in [0.15, 0.2) is 6.29 Å². The molecule has 0 aliphatic carbocycles. The molecule has 1 aliphatic heterocycles. The first kappa shape index (κ1) is 15.2. The summed E-state index contributed by atoms with van der Waals surface area (Å²) in [4.78, 5) is 2.69. The molecule has 1 heterocycles. The van der Waals surface area contributed by atoms with Crippen molar-refractivity contribution in [2.75, 3.05) is 33.0 Å². The molecule has 0 saturated carbocycles. The highest BCUT2D eigenvalue weighted by Gasteiger charge is 2.42. The summed E-state index contributed by atoms with van der Waals surface area (Å²) in [6, 6.07) is 0. The first-order valence-electron chi connectivity index (χ1n) is 6.01. The molecule has 1 fully saturated rings. The number of azide groups is 1. The van der Waals surface area contributed by atoms with Crippen LogP contribution in [0.1, 0.15) is 20.3 Å². The van der Waals surface area contributed by atoms with Gasteiger partial charge in [0.05, 0.1) is 26.4 Å². The molecular formula is C11H21N3O4. The Morgan fingerprint density at radius 3 is 2.44 bits per heavy atom. The second-order valence-electron chi connectivity index (χ2n) is 5.17. The van der Waals surface area contributed by atoms with Crippen LogP contribution in [0.4, 0.5) is 0 Å². The molecule has 7 heteroatoms. The highest BCUT2D eigenvalue weighted by Crippen LogP contribution is 2.34. The third-order valence-electron chi connectivity index (χ3n) is 3.59. The van der Waals surface area contributed by atoms with E-state index in [-0.39, 0.29) is 25.2 Å². The van der Waals surface area contributed by atoms with Gasteiger partial charge in [0.25, 0.3) is 0 Å². The second kappa shape index (κ2) is 6.36. The zero-order valence-electron chi connectivity index (χ0n) is 10.9. The van der Waals surface area contributed by atoms with Crippen LogP contribution in [0.25, 0.3) is 10.4 Å². The number of nitrogens with zero attached hydrogens (tertiary/aromatic N) is 3. The van der Waals surface area contributed by atoms with Gasteiger partial charge in [-0.25, -0.2) is 0 Å². The van der Waals surface area contributed by atoms with Crippen molar-refractivity contribution in [2.24, 2.45) is 15.9 Å². The van der Waals surface area contributed by atoms with Gasteiger partial charge in [-0.15, -0.1) is 0 Å². The molecule has 1 aliphatic rings. The normalized spacial score (nSPS) is 31.4. The fourth-order valence-electron chi connectivity index (χ4n) is 1.80. The van der Waals surface area contributed by atoms with Crippen LogP contribution in [0.5, 0.6) is 0 Å². The van der Waals surface area contributed by atoms with Crippen molar-refractivity contribution >= 4 is 0 Å². The fourth-order valence-corrected chi connectivity index (χ4v) is 1.80. The van der Waals surface area contributed by atoms with Crippen LogP contribution < -0.4 is 0 Å². The quantitative estimate of drug-likeness (QED) is 0.422. The molecule has 1 saturated heterocycles. The van der Waals surface area contributed by atoms with Gasteiger partial charge in [-0.2, -0.15) is 0 Å². The summed E-state index contributed by atoms with van der Waals surface area (Å²) in [5.41, 5.74) is 7.21. The average Bonchev–Trinajstić information content (AvgIpc) is 2.45. The van der Waals surface area contributed by atoms with Crippen LogP contribution in [-0.4, -0.2) is 49.5 Å². The number of aliphatic hydroxyl groups excluding tert-OH is 2. The molecule has 1 atom stereocenters. The lowest BCUT2D eigenvalue weighted by atomic mass is 9.85. The molecule has 0 aromatic carbocycles. The van der Waals surface area contributed by atoms with Crippen molar-refractivity contribution in [3.63, 3.8) is 0 Å². The lowest BCUT2D eigenvalue weighted by Gasteiger charge is -2.43. The molecular weight excluding hydrogens is 238 g/mol. The minimum Gasteiger partial charge on any atom is -0.396 e. The van der Waals surface area contributed by atoms with Crippen LogP contribution in [0, 0.1) is 10.8 Å². The molecule has 1 rings (SSSR count). The third-order valence-corrected chi connectivity index (χ3v) is 3.59. The predicted molar refractivity (Wildman–Crippen MR) is 64.7 cm³/mol. The summed E-state index contributed by atoms with van der Waals surface area (Å²) >= 11 is 0. The van der Waals surface area contributed by atoms with E-state index in [0.717, 1.165) is 6.42 Å². The Kier molecular flexibility index (Phi) is 5.37. The minimum absolute atomic E-state index is 0.00239. The van der Waals surface area contributed by atoms with E-state index in [1.807, 2.05) is 6.92 Å². The molecule has 1 unspecified atom stereocenters. The molecule has 2 N–H and O–H groups in total. The van der Waals surface area contributed by atoms with Crippen LogP contribution in [0.3, 0.4) is 0 Å². The maximum Gasteiger partial charge on any atom is 0.165 e. The predicted octanol–water partition coefficient (Wildman–Crippen LogP) is 1.06. The highest BCUT2D eigenvalue weighted by atomic mass is 16.7. The van der Waals surface area contributed by atoms with Crippen molar-refractivity contribution in [1.82, 2.24) is 0 Å². The minimum atomic E-state index is -0.762. The van der Waals surface area contributed by atoms with E-state index >= 15 is 0 Å².